The first-order valence-corrected chi connectivity index (χ1v) is 8.39. The van der Waals surface area contributed by atoms with Crippen LogP contribution in [-0.2, 0) is 6.42 Å². The summed E-state index contributed by atoms with van der Waals surface area (Å²) in [7, 11) is 3.17. The Balaban J connectivity index is 1.64. The third kappa shape index (κ3) is 4.25. The summed E-state index contributed by atoms with van der Waals surface area (Å²) in [5.41, 5.74) is 2.06. The molecule has 0 atom stereocenters. The maximum absolute atomic E-state index is 13.1. The number of benzene rings is 2. The number of amides is 1. The highest BCUT2D eigenvalue weighted by molar-refractivity contribution is 5.93. The molecule has 3 rings (SSSR count). The highest BCUT2D eigenvalue weighted by atomic mass is 19.1. The second kappa shape index (κ2) is 8.35. The highest BCUT2D eigenvalue weighted by Crippen LogP contribution is 2.27. The Morgan fingerprint density at radius 2 is 1.85 bits per heavy atom. The zero-order valence-electron chi connectivity index (χ0n) is 15.1. The van der Waals surface area contributed by atoms with Crippen molar-refractivity contribution in [1.29, 1.82) is 0 Å². The summed E-state index contributed by atoms with van der Waals surface area (Å²) >= 11 is 0. The number of imidazole rings is 1. The van der Waals surface area contributed by atoms with E-state index in [0.29, 0.717) is 35.8 Å². The molecule has 0 aliphatic heterocycles. The first-order chi connectivity index (χ1) is 13.1. The van der Waals surface area contributed by atoms with E-state index in [4.69, 9.17) is 9.47 Å². The lowest BCUT2D eigenvalue weighted by molar-refractivity contribution is 0.0947. The molecule has 0 aliphatic carbocycles. The third-order valence-corrected chi connectivity index (χ3v) is 4.12. The number of halogens is 1. The fraction of sp³-hybridized carbons (Fsp3) is 0.200. The van der Waals surface area contributed by atoms with Crippen LogP contribution in [0.4, 0.5) is 4.39 Å². The third-order valence-electron chi connectivity index (χ3n) is 4.12. The second-order valence-electron chi connectivity index (χ2n) is 5.82. The van der Waals surface area contributed by atoms with Gasteiger partial charge in [0.15, 0.2) is 11.5 Å². The predicted octanol–water partition coefficient (Wildman–Crippen LogP) is 3.00. The number of nitrogens with zero attached hydrogens (tertiary/aromatic N) is 2. The van der Waals surface area contributed by atoms with Crippen molar-refractivity contribution in [3.8, 4) is 17.2 Å². The van der Waals surface area contributed by atoms with Crippen LogP contribution in [0, 0.1) is 5.82 Å². The van der Waals surface area contributed by atoms with Crippen molar-refractivity contribution >= 4 is 5.91 Å². The number of hydrogen-bond donors (Lipinski definition) is 1. The van der Waals surface area contributed by atoms with Crippen LogP contribution in [0.15, 0.2) is 55.0 Å². The summed E-state index contributed by atoms with van der Waals surface area (Å²) in [6, 6.07) is 11.5. The Hall–Kier alpha value is -3.35. The topological polar surface area (TPSA) is 65.4 Å². The monoisotopic (exact) mass is 369 g/mol. The molecule has 1 heterocycles. The van der Waals surface area contributed by atoms with Gasteiger partial charge in [0, 0.05) is 12.2 Å². The first kappa shape index (κ1) is 18.4. The molecule has 0 fully saturated rings. The van der Waals surface area contributed by atoms with Crippen molar-refractivity contribution in [2.75, 3.05) is 20.8 Å². The van der Waals surface area contributed by atoms with Crippen LogP contribution in [0.25, 0.3) is 5.69 Å². The molecule has 6 nitrogen and oxygen atoms in total. The van der Waals surface area contributed by atoms with E-state index in [1.165, 1.54) is 24.7 Å². The van der Waals surface area contributed by atoms with Gasteiger partial charge < -0.3 is 14.8 Å². The van der Waals surface area contributed by atoms with E-state index >= 15 is 0 Å². The Kier molecular flexibility index (Phi) is 5.71. The average Bonchev–Trinajstić information content (AvgIpc) is 3.18. The zero-order valence-corrected chi connectivity index (χ0v) is 15.1. The molecule has 0 saturated carbocycles. The molecule has 0 aliphatic rings. The molecule has 3 aromatic rings. The number of nitrogens with one attached hydrogen (secondary N) is 1. The number of hydrogen-bond acceptors (Lipinski definition) is 4. The van der Waals surface area contributed by atoms with Crippen LogP contribution in [0.2, 0.25) is 0 Å². The first-order valence-electron chi connectivity index (χ1n) is 8.39. The van der Waals surface area contributed by atoms with Crippen molar-refractivity contribution in [1.82, 2.24) is 14.9 Å². The SMILES string of the molecule is COc1ccc(CCNC(=O)c2cncn2-c2ccc(F)cc2)cc1OC. The predicted molar refractivity (Wildman–Crippen MR) is 99.1 cm³/mol. The number of aromatic nitrogens is 2. The zero-order chi connectivity index (χ0) is 19.2. The molecule has 0 spiro atoms. The number of carbonyl (C=O) groups excluding carboxylic acids is 1. The molecule has 0 saturated heterocycles. The van der Waals surface area contributed by atoms with Gasteiger partial charge in [0.2, 0.25) is 0 Å². The summed E-state index contributed by atoms with van der Waals surface area (Å²) in [4.78, 5) is 16.5. The number of rotatable bonds is 7. The lowest BCUT2D eigenvalue weighted by atomic mass is 10.1. The van der Waals surface area contributed by atoms with Gasteiger partial charge in [0.25, 0.3) is 5.91 Å². The summed E-state index contributed by atoms with van der Waals surface area (Å²) in [6.45, 7) is 0.447. The normalized spacial score (nSPS) is 10.5. The van der Waals surface area contributed by atoms with Gasteiger partial charge in [-0.2, -0.15) is 0 Å². The molecule has 0 radical (unpaired) electrons. The van der Waals surface area contributed by atoms with E-state index in [1.54, 1.807) is 30.9 Å². The minimum Gasteiger partial charge on any atom is -0.493 e. The Labute approximate surface area is 156 Å². The largest absolute Gasteiger partial charge is 0.493 e. The summed E-state index contributed by atoms with van der Waals surface area (Å²) in [6.07, 6.45) is 3.64. The maximum Gasteiger partial charge on any atom is 0.269 e. The van der Waals surface area contributed by atoms with Crippen molar-refractivity contribution in [2.24, 2.45) is 0 Å². The van der Waals surface area contributed by atoms with Crippen LogP contribution >= 0.6 is 0 Å². The molecule has 2 aromatic carbocycles. The van der Waals surface area contributed by atoms with Gasteiger partial charge in [-0.1, -0.05) is 6.07 Å². The minimum absolute atomic E-state index is 0.252. The van der Waals surface area contributed by atoms with Gasteiger partial charge in [-0.25, -0.2) is 9.37 Å². The number of ether oxygens (including phenoxy) is 2. The number of carbonyl (C=O) groups is 1. The lowest BCUT2D eigenvalue weighted by Crippen LogP contribution is -2.27. The van der Waals surface area contributed by atoms with E-state index < -0.39 is 0 Å². The standard InChI is InChI=1S/C20H20FN3O3/c1-26-18-8-3-14(11-19(18)27-2)9-10-23-20(25)17-12-22-13-24(17)16-6-4-15(21)5-7-16/h3-8,11-13H,9-10H2,1-2H3,(H,23,25). The minimum atomic E-state index is -0.334. The Bertz CT molecular complexity index is 922. The molecular formula is C20H20FN3O3. The van der Waals surface area contributed by atoms with E-state index in [9.17, 15) is 9.18 Å². The van der Waals surface area contributed by atoms with Crippen molar-refractivity contribution in [3.63, 3.8) is 0 Å². The smallest absolute Gasteiger partial charge is 0.269 e. The fourth-order valence-electron chi connectivity index (χ4n) is 2.72. The quantitative estimate of drug-likeness (QED) is 0.695. The summed E-state index contributed by atoms with van der Waals surface area (Å²) < 4.78 is 25.2. The highest BCUT2D eigenvalue weighted by Gasteiger charge is 2.13. The van der Waals surface area contributed by atoms with Gasteiger partial charge in [-0.15, -0.1) is 0 Å². The summed E-state index contributed by atoms with van der Waals surface area (Å²) in [5, 5.41) is 2.88. The Morgan fingerprint density at radius 1 is 1.11 bits per heavy atom. The number of methoxy groups -OCH3 is 2. The maximum atomic E-state index is 13.1. The Morgan fingerprint density at radius 3 is 2.56 bits per heavy atom. The molecule has 0 unspecified atom stereocenters. The van der Waals surface area contributed by atoms with Crippen LogP contribution in [0.3, 0.4) is 0 Å². The van der Waals surface area contributed by atoms with Crippen LogP contribution in [0.1, 0.15) is 16.1 Å². The van der Waals surface area contributed by atoms with Crippen molar-refractivity contribution in [2.45, 2.75) is 6.42 Å². The van der Waals surface area contributed by atoms with E-state index in [2.05, 4.69) is 10.3 Å². The molecule has 1 aromatic heterocycles. The molecule has 27 heavy (non-hydrogen) atoms. The summed E-state index contributed by atoms with van der Waals surface area (Å²) in [5.74, 6) is 0.723. The molecule has 140 valence electrons. The molecule has 0 bridgehead atoms. The van der Waals surface area contributed by atoms with Crippen molar-refractivity contribution < 1.29 is 18.7 Å². The van der Waals surface area contributed by atoms with Gasteiger partial charge in [-0.3, -0.25) is 9.36 Å². The molecular weight excluding hydrogens is 349 g/mol. The lowest BCUT2D eigenvalue weighted by Gasteiger charge is -2.11. The van der Waals surface area contributed by atoms with E-state index in [0.717, 1.165) is 5.56 Å². The average molecular weight is 369 g/mol. The van der Waals surface area contributed by atoms with E-state index in [-0.39, 0.29) is 11.7 Å². The van der Waals surface area contributed by atoms with Gasteiger partial charge in [0.05, 0.1) is 26.7 Å². The van der Waals surface area contributed by atoms with E-state index in [1.807, 2.05) is 18.2 Å². The van der Waals surface area contributed by atoms with Crippen LogP contribution in [0.5, 0.6) is 11.5 Å². The van der Waals surface area contributed by atoms with Gasteiger partial charge in [0.1, 0.15) is 11.5 Å². The van der Waals surface area contributed by atoms with Crippen LogP contribution < -0.4 is 14.8 Å². The molecule has 7 heteroatoms. The molecule has 1 N–H and O–H groups in total. The molecule has 1 amide bonds. The van der Waals surface area contributed by atoms with Crippen molar-refractivity contribution in [3.05, 3.63) is 72.1 Å². The fourth-order valence-corrected chi connectivity index (χ4v) is 2.72. The second-order valence-corrected chi connectivity index (χ2v) is 5.82. The van der Waals surface area contributed by atoms with Gasteiger partial charge >= 0.3 is 0 Å². The van der Waals surface area contributed by atoms with Crippen LogP contribution in [-0.4, -0.2) is 36.2 Å². The van der Waals surface area contributed by atoms with Gasteiger partial charge in [-0.05, 0) is 48.4 Å².